The summed E-state index contributed by atoms with van der Waals surface area (Å²) in [7, 11) is -2.94. The molecule has 0 aliphatic heterocycles. The summed E-state index contributed by atoms with van der Waals surface area (Å²) < 4.78 is 20.3. The van der Waals surface area contributed by atoms with Crippen LogP contribution < -0.4 is 10.6 Å². The van der Waals surface area contributed by atoms with E-state index in [0.29, 0.717) is 18.1 Å². The number of hydrogen-bond acceptors (Lipinski definition) is 3. The molecule has 166 valence electrons. The first kappa shape index (κ1) is 22.8. The summed E-state index contributed by atoms with van der Waals surface area (Å²) >= 11 is 0. The highest BCUT2D eigenvalue weighted by Gasteiger charge is 2.31. The lowest BCUT2D eigenvalue weighted by molar-refractivity contribution is 0.0451. The molecule has 4 rings (SSSR count). The van der Waals surface area contributed by atoms with Crippen LogP contribution in [0.5, 0.6) is 0 Å². The Labute approximate surface area is 195 Å². The van der Waals surface area contributed by atoms with E-state index in [1.54, 1.807) is 12.1 Å². The Morgan fingerprint density at radius 2 is 1.12 bits per heavy atom. The van der Waals surface area contributed by atoms with Gasteiger partial charge in [-0.25, -0.2) is 4.79 Å². The predicted octanol–water partition coefficient (Wildman–Crippen LogP) is 5.72. The minimum absolute atomic E-state index is 0.105. The fourth-order valence-corrected chi connectivity index (χ4v) is 7.02. The maximum absolute atomic E-state index is 14.6. The SMILES string of the molecule is O=C(OC[C@@H](Cc1ccccc1)CP(=O)(c1ccccc1)c1ccccc1)c1ccccc1. The van der Waals surface area contributed by atoms with Crippen molar-refractivity contribution < 1.29 is 14.1 Å². The Kier molecular flexibility index (Phi) is 7.55. The molecule has 0 heterocycles. The Morgan fingerprint density at radius 1 is 0.667 bits per heavy atom. The van der Waals surface area contributed by atoms with E-state index < -0.39 is 7.14 Å². The van der Waals surface area contributed by atoms with Crippen LogP contribution in [0.15, 0.2) is 121 Å². The molecule has 1 atom stereocenters. The normalized spacial score (nSPS) is 12.1. The molecule has 4 aromatic rings. The van der Waals surface area contributed by atoms with Crippen LogP contribution in [-0.4, -0.2) is 18.7 Å². The second-order valence-electron chi connectivity index (χ2n) is 8.11. The number of carbonyl (C=O) groups excluding carboxylic acids is 1. The third-order valence-electron chi connectivity index (χ3n) is 5.69. The standard InChI is InChI=1S/C29H27O3P/c30-29(26-15-7-2-8-16-26)32-22-25(21-24-13-5-1-6-14-24)23-33(31,27-17-9-3-10-18-27)28-19-11-4-12-20-28/h1-20,25H,21-23H2/t25-/m1/s1. The molecule has 4 heteroatoms. The maximum Gasteiger partial charge on any atom is 0.338 e. The molecule has 0 aliphatic rings. The van der Waals surface area contributed by atoms with Crippen molar-refractivity contribution in [3.05, 3.63) is 132 Å². The Bertz CT molecular complexity index is 1150. The third kappa shape index (κ3) is 5.88. The van der Waals surface area contributed by atoms with E-state index in [1.165, 1.54) is 0 Å². The van der Waals surface area contributed by atoms with Gasteiger partial charge in [0.1, 0.15) is 7.14 Å². The number of ether oxygens (including phenoxy) is 1. The van der Waals surface area contributed by atoms with Gasteiger partial charge in [-0.15, -0.1) is 0 Å². The van der Waals surface area contributed by atoms with Gasteiger partial charge in [0.05, 0.1) is 12.2 Å². The van der Waals surface area contributed by atoms with Gasteiger partial charge in [-0.3, -0.25) is 0 Å². The third-order valence-corrected chi connectivity index (χ3v) is 8.98. The van der Waals surface area contributed by atoms with Crippen LogP contribution in [0.3, 0.4) is 0 Å². The van der Waals surface area contributed by atoms with Crippen LogP contribution in [0.1, 0.15) is 15.9 Å². The van der Waals surface area contributed by atoms with Gasteiger partial charge in [0, 0.05) is 22.7 Å². The smallest absolute Gasteiger partial charge is 0.338 e. The summed E-state index contributed by atoms with van der Waals surface area (Å²) in [5.74, 6) is -0.464. The van der Waals surface area contributed by atoms with E-state index in [2.05, 4.69) is 12.1 Å². The molecule has 0 saturated heterocycles. The van der Waals surface area contributed by atoms with Gasteiger partial charge >= 0.3 is 5.97 Å². The second-order valence-corrected chi connectivity index (χ2v) is 11.0. The summed E-state index contributed by atoms with van der Waals surface area (Å²) in [6.07, 6.45) is 1.09. The molecule has 0 aromatic heterocycles. The molecule has 0 spiro atoms. The highest BCUT2D eigenvalue weighted by Crippen LogP contribution is 2.45. The summed E-state index contributed by atoms with van der Waals surface area (Å²) in [6.45, 7) is 0.201. The lowest BCUT2D eigenvalue weighted by atomic mass is 10.0. The van der Waals surface area contributed by atoms with Gasteiger partial charge in [-0.05, 0) is 24.1 Å². The van der Waals surface area contributed by atoms with Gasteiger partial charge < -0.3 is 9.30 Å². The molecule has 0 saturated carbocycles. The van der Waals surface area contributed by atoms with Crippen molar-refractivity contribution in [2.24, 2.45) is 5.92 Å². The quantitative estimate of drug-likeness (QED) is 0.240. The molecular weight excluding hydrogens is 427 g/mol. The van der Waals surface area contributed by atoms with Gasteiger partial charge in [-0.1, -0.05) is 109 Å². The summed E-state index contributed by atoms with van der Waals surface area (Å²) in [5.41, 5.74) is 1.65. The van der Waals surface area contributed by atoms with E-state index in [1.807, 2.05) is 97.1 Å². The van der Waals surface area contributed by atoms with E-state index in [0.717, 1.165) is 16.2 Å². The predicted molar refractivity (Wildman–Crippen MR) is 135 cm³/mol. The number of rotatable bonds is 9. The first-order valence-electron chi connectivity index (χ1n) is 11.1. The zero-order valence-corrected chi connectivity index (χ0v) is 19.3. The average Bonchev–Trinajstić information content (AvgIpc) is 2.89. The summed E-state index contributed by atoms with van der Waals surface area (Å²) in [5, 5.41) is 1.65. The fraction of sp³-hybridized carbons (Fsp3) is 0.138. The molecule has 0 N–H and O–H groups in total. The molecule has 0 amide bonds. The molecule has 0 aliphatic carbocycles. The van der Waals surface area contributed by atoms with Crippen LogP contribution in [0.4, 0.5) is 0 Å². The number of hydrogen-bond donors (Lipinski definition) is 0. The highest BCUT2D eigenvalue weighted by molar-refractivity contribution is 7.78. The van der Waals surface area contributed by atoms with Crippen LogP contribution >= 0.6 is 7.14 Å². The first-order valence-corrected chi connectivity index (χ1v) is 13.0. The Hall–Kier alpha value is -3.42. The average molecular weight is 455 g/mol. The molecule has 0 bridgehead atoms. The molecule has 33 heavy (non-hydrogen) atoms. The van der Waals surface area contributed by atoms with Crippen LogP contribution in [0, 0.1) is 5.92 Å². The molecular formula is C29H27O3P. The molecule has 0 fully saturated rings. The second kappa shape index (κ2) is 10.9. The first-order chi connectivity index (χ1) is 16.1. The summed E-state index contributed by atoms with van der Waals surface area (Å²) in [4.78, 5) is 12.6. The maximum atomic E-state index is 14.6. The number of benzene rings is 4. The molecule has 4 aromatic carbocycles. The highest BCUT2D eigenvalue weighted by atomic mass is 31.2. The molecule has 3 nitrogen and oxygen atoms in total. The van der Waals surface area contributed by atoms with E-state index in [9.17, 15) is 9.36 Å². The van der Waals surface area contributed by atoms with Crippen molar-refractivity contribution in [3.63, 3.8) is 0 Å². The summed E-state index contributed by atoms with van der Waals surface area (Å²) in [6, 6.07) is 38.4. The minimum atomic E-state index is -2.94. The lowest BCUT2D eigenvalue weighted by Gasteiger charge is -2.25. The topological polar surface area (TPSA) is 43.4 Å². The zero-order valence-electron chi connectivity index (χ0n) is 18.4. The van der Waals surface area contributed by atoms with E-state index in [-0.39, 0.29) is 18.5 Å². The van der Waals surface area contributed by atoms with Gasteiger partial charge in [-0.2, -0.15) is 0 Å². The van der Waals surface area contributed by atoms with Gasteiger partial charge in [0.2, 0.25) is 0 Å². The van der Waals surface area contributed by atoms with Crippen LogP contribution in [-0.2, 0) is 15.7 Å². The van der Waals surface area contributed by atoms with Crippen molar-refractivity contribution in [2.45, 2.75) is 6.42 Å². The van der Waals surface area contributed by atoms with E-state index >= 15 is 0 Å². The van der Waals surface area contributed by atoms with Crippen molar-refractivity contribution in [2.75, 3.05) is 12.8 Å². The largest absolute Gasteiger partial charge is 0.462 e. The Balaban J connectivity index is 1.63. The van der Waals surface area contributed by atoms with Crippen LogP contribution in [0.25, 0.3) is 0 Å². The monoisotopic (exact) mass is 454 g/mol. The van der Waals surface area contributed by atoms with E-state index in [4.69, 9.17) is 4.74 Å². The van der Waals surface area contributed by atoms with Crippen molar-refractivity contribution in [1.82, 2.24) is 0 Å². The van der Waals surface area contributed by atoms with Crippen molar-refractivity contribution in [3.8, 4) is 0 Å². The Morgan fingerprint density at radius 3 is 1.64 bits per heavy atom. The molecule has 0 unspecified atom stereocenters. The van der Waals surface area contributed by atoms with Gasteiger partial charge in [0.15, 0.2) is 0 Å². The minimum Gasteiger partial charge on any atom is -0.462 e. The van der Waals surface area contributed by atoms with Crippen LogP contribution in [0.2, 0.25) is 0 Å². The van der Waals surface area contributed by atoms with Crippen molar-refractivity contribution >= 4 is 23.7 Å². The lowest BCUT2D eigenvalue weighted by Crippen LogP contribution is -2.26. The van der Waals surface area contributed by atoms with Gasteiger partial charge in [0.25, 0.3) is 0 Å². The zero-order chi connectivity index (χ0) is 22.9. The number of esters is 1. The number of carbonyl (C=O) groups is 1. The van der Waals surface area contributed by atoms with Crippen molar-refractivity contribution in [1.29, 1.82) is 0 Å². The molecule has 0 radical (unpaired) electrons. The fourth-order valence-electron chi connectivity index (χ4n) is 4.04.